The lowest BCUT2D eigenvalue weighted by atomic mass is 10.2. The number of nitro groups is 1. The average molecular weight is 541 g/mol. The van der Waals surface area contributed by atoms with E-state index in [1.54, 1.807) is 13.8 Å². The van der Waals surface area contributed by atoms with Crippen molar-refractivity contribution in [3.63, 3.8) is 0 Å². The van der Waals surface area contributed by atoms with Gasteiger partial charge in [0.05, 0.1) is 23.0 Å². The third kappa shape index (κ3) is 5.98. The summed E-state index contributed by atoms with van der Waals surface area (Å²) in [6.07, 6.45) is -0.493. The molecule has 3 rings (SSSR count). The van der Waals surface area contributed by atoms with Gasteiger partial charge in [-0.25, -0.2) is 18.0 Å². The molecule has 1 aliphatic rings. The fourth-order valence-electron chi connectivity index (χ4n) is 3.35. The van der Waals surface area contributed by atoms with Gasteiger partial charge in [0.1, 0.15) is 10.6 Å². The summed E-state index contributed by atoms with van der Waals surface area (Å²) in [6.45, 7) is 4.10. The third-order valence-corrected chi connectivity index (χ3v) is 8.06. The van der Waals surface area contributed by atoms with Gasteiger partial charge < -0.3 is 19.7 Å². The SMILES string of the molecule is CCOC(=O)c1cc([N+](=O)[O-])sc1NC(=O)c1ccc(S(=O)(=O)N2CCN(C(=O)OCC)CC2)cc1. The summed E-state index contributed by atoms with van der Waals surface area (Å²) in [5.41, 5.74) is -0.0741. The first-order chi connectivity index (χ1) is 17.1. The number of esters is 1. The van der Waals surface area contributed by atoms with E-state index in [2.05, 4.69) is 5.32 Å². The zero-order valence-electron chi connectivity index (χ0n) is 19.5. The molecule has 0 atom stereocenters. The molecule has 0 saturated carbocycles. The van der Waals surface area contributed by atoms with E-state index in [-0.39, 0.29) is 65.4 Å². The van der Waals surface area contributed by atoms with Gasteiger partial charge >= 0.3 is 17.1 Å². The van der Waals surface area contributed by atoms with E-state index < -0.39 is 32.9 Å². The van der Waals surface area contributed by atoms with Gasteiger partial charge in [-0.15, -0.1) is 0 Å². The maximum absolute atomic E-state index is 13.0. The lowest BCUT2D eigenvalue weighted by Crippen LogP contribution is -2.50. The first-order valence-corrected chi connectivity index (χ1v) is 13.1. The minimum atomic E-state index is -3.87. The van der Waals surface area contributed by atoms with Crippen molar-refractivity contribution in [3.05, 3.63) is 51.6 Å². The first-order valence-electron chi connectivity index (χ1n) is 10.9. The Morgan fingerprint density at radius 1 is 1.06 bits per heavy atom. The van der Waals surface area contributed by atoms with Gasteiger partial charge in [0, 0.05) is 37.8 Å². The Morgan fingerprint density at radius 3 is 2.22 bits per heavy atom. The predicted molar refractivity (Wildman–Crippen MR) is 129 cm³/mol. The first kappa shape index (κ1) is 27.0. The minimum absolute atomic E-state index is 0.0393. The maximum Gasteiger partial charge on any atom is 0.409 e. The topological polar surface area (TPSA) is 165 Å². The Hall–Kier alpha value is -3.56. The van der Waals surface area contributed by atoms with E-state index >= 15 is 0 Å². The van der Waals surface area contributed by atoms with Crippen LogP contribution in [0, 0.1) is 10.1 Å². The van der Waals surface area contributed by atoms with Crippen LogP contribution < -0.4 is 5.32 Å². The van der Waals surface area contributed by atoms with Crippen LogP contribution >= 0.6 is 11.3 Å². The summed E-state index contributed by atoms with van der Waals surface area (Å²) >= 11 is 0.605. The van der Waals surface area contributed by atoms with Crippen molar-refractivity contribution in [2.45, 2.75) is 18.7 Å². The fourth-order valence-corrected chi connectivity index (χ4v) is 5.63. The number of benzene rings is 1. The van der Waals surface area contributed by atoms with Crippen LogP contribution in [0.2, 0.25) is 0 Å². The average Bonchev–Trinajstić information content (AvgIpc) is 3.29. The lowest BCUT2D eigenvalue weighted by Gasteiger charge is -2.33. The maximum atomic E-state index is 13.0. The molecule has 36 heavy (non-hydrogen) atoms. The number of hydrogen-bond acceptors (Lipinski definition) is 10. The highest BCUT2D eigenvalue weighted by Crippen LogP contribution is 2.34. The number of rotatable bonds is 8. The Bertz CT molecular complexity index is 1250. The number of nitrogens with zero attached hydrogens (tertiary/aromatic N) is 3. The number of thiophene rings is 1. The van der Waals surface area contributed by atoms with Crippen LogP contribution in [0.1, 0.15) is 34.6 Å². The van der Waals surface area contributed by atoms with Gasteiger partial charge in [0.2, 0.25) is 10.0 Å². The molecule has 1 aliphatic heterocycles. The molecule has 1 N–H and O–H groups in total. The van der Waals surface area contributed by atoms with E-state index in [1.807, 2.05) is 0 Å². The number of nitrogens with one attached hydrogen (secondary N) is 1. The molecule has 15 heteroatoms. The molecule has 1 aromatic heterocycles. The second kappa shape index (κ2) is 11.5. The van der Waals surface area contributed by atoms with Gasteiger partial charge in [0.25, 0.3) is 5.91 Å². The van der Waals surface area contributed by atoms with Crippen molar-refractivity contribution in [2.24, 2.45) is 0 Å². The molecular weight excluding hydrogens is 516 g/mol. The van der Waals surface area contributed by atoms with E-state index in [4.69, 9.17) is 9.47 Å². The molecule has 0 unspecified atom stereocenters. The summed E-state index contributed by atoms with van der Waals surface area (Å²) in [7, 11) is -3.87. The zero-order chi connectivity index (χ0) is 26.5. The highest BCUT2D eigenvalue weighted by atomic mass is 32.2. The molecule has 0 bridgehead atoms. The highest BCUT2D eigenvalue weighted by molar-refractivity contribution is 7.89. The van der Waals surface area contributed by atoms with Gasteiger partial charge in [-0.2, -0.15) is 4.31 Å². The summed E-state index contributed by atoms with van der Waals surface area (Å²) < 4.78 is 37.0. The number of sulfonamides is 1. The number of piperazine rings is 1. The van der Waals surface area contributed by atoms with Gasteiger partial charge in [-0.1, -0.05) is 0 Å². The van der Waals surface area contributed by atoms with Crippen molar-refractivity contribution in [3.8, 4) is 0 Å². The van der Waals surface area contributed by atoms with Crippen LogP contribution in [0.25, 0.3) is 0 Å². The van der Waals surface area contributed by atoms with Crippen LogP contribution in [0.15, 0.2) is 35.2 Å². The minimum Gasteiger partial charge on any atom is -0.462 e. The van der Waals surface area contributed by atoms with Crippen molar-refractivity contribution >= 4 is 49.3 Å². The molecule has 1 saturated heterocycles. The zero-order valence-corrected chi connectivity index (χ0v) is 21.1. The van der Waals surface area contributed by atoms with E-state index in [1.165, 1.54) is 33.5 Å². The van der Waals surface area contributed by atoms with E-state index in [0.29, 0.717) is 11.3 Å². The number of carbonyl (C=O) groups is 3. The van der Waals surface area contributed by atoms with Gasteiger partial charge in [-0.3, -0.25) is 14.9 Å². The summed E-state index contributed by atoms with van der Waals surface area (Å²) in [5.74, 6) is -1.51. The molecule has 0 radical (unpaired) electrons. The number of amides is 2. The standard InChI is InChI=1S/C21H24N4O9S2/c1-3-33-20(27)16-13-17(25(29)30)35-19(16)22-18(26)14-5-7-15(8-6-14)36(31,32)24-11-9-23(10-12-24)21(28)34-4-2/h5-8,13H,3-4,9-12H2,1-2H3,(H,22,26). The summed E-state index contributed by atoms with van der Waals surface area (Å²) in [6, 6.07) is 6.15. The van der Waals surface area contributed by atoms with Crippen LogP contribution in [-0.2, 0) is 19.5 Å². The molecule has 1 aromatic carbocycles. The lowest BCUT2D eigenvalue weighted by molar-refractivity contribution is -0.380. The Balaban J connectivity index is 1.71. The highest BCUT2D eigenvalue weighted by Gasteiger charge is 2.31. The van der Waals surface area contributed by atoms with Crippen molar-refractivity contribution in [1.82, 2.24) is 9.21 Å². The molecule has 2 amide bonds. The smallest absolute Gasteiger partial charge is 0.409 e. The van der Waals surface area contributed by atoms with E-state index in [9.17, 15) is 32.9 Å². The number of anilines is 1. The molecule has 0 aliphatic carbocycles. The molecule has 1 fully saturated rings. The molecular formula is C21H24N4O9S2. The Morgan fingerprint density at radius 2 is 1.67 bits per heavy atom. The second-order valence-electron chi connectivity index (χ2n) is 7.37. The Labute approximate surface area is 210 Å². The largest absolute Gasteiger partial charge is 0.462 e. The molecule has 13 nitrogen and oxygen atoms in total. The molecule has 2 aromatic rings. The number of hydrogen-bond donors (Lipinski definition) is 1. The van der Waals surface area contributed by atoms with Crippen LogP contribution in [0.4, 0.5) is 14.8 Å². The molecule has 194 valence electrons. The monoisotopic (exact) mass is 540 g/mol. The predicted octanol–water partition coefficient (Wildman–Crippen LogP) is 2.55. The van der Waals surface area contributed by atoms with Crippen LogP contribution in [-0.4, -0.2) is 79.9 Å². The third-order valence-electron chi connectivity index (χ3n) is 5.14. The quantitative estimate of drug-likeness (QED) is 0.301. The van der Waals surface area contributed by atoms with Gasteiger partial charge in [-0.05, 0) is 49.4 Å². The summed E-state index contributed by atoms with van der Waals surface area (Å²) in [4.78, 5) is 48.5. The van der Waals surface area contributed by atoms with Crippen LogP contribution in [0.5, 0.6) is 0 Å². The number of ether oxygens (including phenoxy) is 2. The molecule has 0 spiro atoms. The normalized spacial score (nSPS) is 14.2. The van der Waals surface area contributed by atoms with E-state index in [0.717, 1.165) is 6.07 Å². The summed E-state index contributed by atoms with van der Waals surface area (Å²) in [5, 5.41) is 13.2. The number of carbonyl (C=O) groups excluding carboxylic acids is 3. The van der Waals surface area contributed by atoms with Crippen molar-refractivity contribution in [1.29, 1.82) is 0 Å². The Kier molecular flexibility index (Phi) is 8.60. The van der Waals surface area contributed by atoms with Crippen molar-refractivity contribution < 1.29 is 37.2 Å². The van der Waals surface area contributed by atoms with Crippen molar-refractivity contribution in [2.75, 3.05) is 44.7 Å². The van der Waals surface area contributed by atoms with Crippen LogP contribution in [0.3, 0.4) is 0 Å². The van der Waals surface area contributed by atoms with Gasteiger partial charge in [0.15, 0.2) is 0 Å². The fraction of sp³-hybridized carbons (Fsp3) is 0.381. The second-order valence-corrected chi connectivity index (χ2v) is 10.3. The molecule has 2 heterocycles.